The summed E-state index contributed by atoms with van der Waals surface area (Å²) in [6, 6.07) is 9.27. The Morgan fingerprint density at radius 2 is 1.83 bits per heavy atom. The molecule has 1 heterocycles. The third-order valence-corrected chi connectivity index (χ3v) is 6.59. The predicted octanol–water partition coefficient (Wildman–Crippen LogP) is 4.00. The van der Waals surface area contributed by atoms with Crippen molar-refractivity contribution in [2.75, 3.05) is 36.8 Å². The SMILES string of the molecule is CCCCSc1ccccc1N1CCN([C@H]2CCCC[C@@H]2O)CC1. The van der Waals surface area contributed by atoms with Gasteiger partial charge >= 0.3 is 0 Å². The summed E-state index contributed by atoms with van der Waals surface area (Å²) in [5.74, 6) is 1.21. The number of benzene rings is 1. The number of rotatable bonds is 6. The van der Waals surface area contributed by atoms with E-state index in [-0.39, 0.29) is 6.10 Å². The molecule has 1 aliphatic carbocycles. The van der Waals surface area contributed by atoms with Crippen molar-refractivity contribution >= 4 is 17.4 Å². The second-order valence-corrected chi connectivity index (χ2v) is 8.25. The summed E-state index contributed by atoms with van der Waals surface area (Å²) in [6.07, 6.45) is 7.07. The number of unbranched alkanes of at least 4 members (excludes halogenated alkanes) is 1. The normalized spacial score (nSPS) is 25.8. The summed E-state index contributed by atoms with van der Waals surface area (Å²) in [7, 11) is 0. The van der Waals surface area contributed by atoms with Gasteiger partial charge in [0.1, 0.15) is 0 Å². The number of para-hydroxylation sites is 1. The summed E-state index contributed by atoms with van der Waals surface area (Å²) in [5.41, 5.74) is 1.41. The number of thioether (sulfide) groups is 1. The van der Waals surface area contributed by atoms with Gasteiger partial charge in [0.2, 0.25) is 0 Å². The largest absolute Gasteiger partial charge is 0.391 e. The molecule has 3 rings (SSSR count). The maximum atomic E-state index is 10.3. The highest BCUT2D eigenvalue weighted by Gasteiger charge is 2.31. The van der Waals surface area contributed by atoms with Crippen molar-refractivity contribution in [2.45, 2.75) is 62.5 Å². The van der Waals surface area contributed by atoms with Gasteiger partial charge in [0.25, 0.3) is 0 Å². The average Bonchev–Trinajstić information content (AvgIpc) is 2.63. The Bertz CT molecular complexity index is 502. The lowest BCUT2D eigenvalue weighted by molar-refractivity contribution is 0.0173. The molecule has 0 bridgehead atoms. The van der Waals surface area contributed by atoms with Gasteiger partial charge < -0.3 is 10.0 Å². The van der Waals surface area contributed by atoms with Crippen LogP contribution < -0.4 is 4.90 Å². The fourth-order valence-electron chi connectivity index (χ4n) is 3.98. The number of anilines is 1. The average molecular weight is 349 g/mol. The zero-order valence-electron chi connectivity index (χ0n) is 15.0. The van der Waals surface area contributed by atoms with Crippen LogP contribution in [0.25, 0.3) is 0 Å². The van der Waals surface area contributed by atoms with Gasteiger partial charge in [-0.1, -0.05) is 38.3 Å². The first kappa shape index (κ1) is 18.1. The number of aliphatic hydroxyl groups is 1. The Morgan fingerprint density at radius 1 is 1.08 bits per heavy atom. The van der Waals surface area contributed by atoms with E-state index in [1.165, 1.54) is 48.4 Å². The number of aliphatic hydroxyl groups excluding tert-OH is 1. The number of hydrogen-bond donors (Lipinski definition) is 1. The van der Waals surface area contributed by atoms with Crippen LogP contribution in [0.3, 0.4) is 0 Å². The highest BCUT2D eigenvalue weighted by Crippen LogP contribution is 2.32. The maximum Gasteiger partial charge on any atom is 0.0695 e. The minimum Gasteiger partial charge on any atom is -0.391 e. The Morgan fingerprint density at radius 3 is 2.58 bits per heavy atom. The molecule has 0 amide bonds. The molecule has 3 nitrogen and oxygen atoms in total. The molecule has 0 aromatic heterocycles. The number of hydrogen-bond acceptors (Lipinski definition) is 4. The van der Waals surface area contributed by atoms with Gasteiger partial charge in [0, 0.05) is 37.1 Å². The fraction of sp³-hybridized carbons (Fsp3) is 0.700. The highest BCUT2D eigenvalue weighted by atomic mass is 32.2. The topological polar surface area (TPSA) is 26.7 Å². The van der Waals surface area contributed by atoms with Crippen molar-refractivity contribution < 1.29 is 5.11 Å². The van der Waals surface area contributed by atoms with E-state index in [9.17, 15) is 5.11 Å². The molecule has 24 heavy (non-hydrogen) atoms. The molecule has 0 radical (unpaired) electrons. The summed E-state index contributed by atoms with van der Waals surface area (Å²) >= 11 is 2.00. The molecule has 0 spiro atoms. The van der Waals surface area contributed by atoms with Crippen LogP contribution in [-0.4, -0.2) is 54.1 Å². The van der Waals surface area contributed by atoms with E-state index in [2.05, 4.69) is 41.0 Å². The van der Waals surface area contributed by atoms with Crippen LogP contribution in [0.5, 0.6) is 0 Å². The quantitative estimate of drug-likeness (QED) is 0.621. The first-order chi connectivity index (χ1) is 11.8. The van der Waals surface area contributed by atoms with Gasteiger partial charge in [0.15, 0.2) is 0 Å². The Kier molecular flexibility index (Phi) is 6.87. The van der Waals surface area contributed by atoms with E-state index in [4.69, 9.17) is 0 Å². The highest BCUT2D eigenvalue weighted by molar-refractivity contribution is 7.99. The van der Waals surface area contributed by atoms with Crippen LogP contribution in [0.1, 0.15) is 45.4 Å². The van der Waals surface area contributed by atoms with Gasteiger partial charge in [-0.3, -0.25) is 4.90 Å². The molecular weight excluding hydrogens is 316 g/mol. The molecule has 4 heteroatoms. The zero-order chi connectivity index (χ0) is 16.8. The Hall–Kier alpha value is -0.710. The van der Waals surface area contributed by atoms with E-state index in [1.807, 2.05) is 11.8 Å². The van der Waals surface area contributed by atoms with Crippen molar-refractivity contribution in [3.8, 4) is 0 Å². The van der Waals surface area contributed by atoms with Crippen molar-refractivity contribution in [2.24, 2.45) is 0 Å². The maximum absolute atomic E-state index is 10.3. The predicted molar refractivity (Wildman–Crippen MR) is 104 cm³/mol. The lowest BCUT2D eigenvalue weighted by Gasteiger charge is -2.43. The van der Waals surface area contributed by atoms with E-state index >= 15 is 0 Å². The van der Waals surface area contributed by atoms with Gasteiger partial charge in [-0.2, -0.15) is 0 Å². The molecular formula is C20H32N2OS. The molecule has 2 fully saturated rings. The number of piperazine rings is 1. The van der Waals surface area contributed by atoms with E-state index in [1.54, 1.807) is 0 Å². The number of nitrogens with zero attached hydrogens (tertiary/aromatic N) is 2. The molecule has 2 atom stereocenters. The lowest BCUT2D eigenvalue weighted by Crippen LogP contribution is -2.54. The van der Waals surface area contributed by atoms with Gasteiger partial charge in [-0.15, -0.1) is 11.8 Å². The summed E-state index contributed by atoms with van der Waals surface area (Å²) in [6.45, 7) is 6.57. The fourth-order valence-corrected chi connectivity index (χ4v) is 5.15. The molecule has 1 saturated heterocycles. The van der Waals surface area contributed by atoms with Crippen LogP contribution in [-0.2, 0) is 0 Å². The van der Waals surface area contributed by atoms with Gasteiger partial charge in [0.05, 0.1) is 11.8 Å². The van der Waals surface area contributed by atoms with Crippen LogP contribution >= 0.6 is 11.8 Å². The first-order valence-electron chi connectivity index (χ1n) is 9.68. The zero-order valence-corrected chi connectivity index (χ0v) is 15.8. The minimum absolute atomic E-state index is 0.109. The van der Waals surface area contributed by atoms with Crippen molar-refractivity contribution in [1.82, 2.24) is 4.90 Å². The third-order valence-electron chi connectivity index (χ3n) is 5.44. The van der Waals surface area contributed by atoms with Crippen molar-refractivity contribution in [3.05, 3.63) is 24.3 Å². The standard InChI is InChI=1S/C20H32N2OS/c1-2-3-16-24-20-11-7-5-9-18(20)22-14-12-21(13-15-22)17-8-4-6-10-19(17)23/h5,7,9,11,17,19,23H,2-4,6,8,10,12-16H2,1H3/t17-,19-/m0/s1. The molecule has 1 aromatic carbocycles. The molecule has 1 saturated carbocycles. The second kappa shape index (κ2) is 9.12. The summed E-state index contributed by atoms with van der Waals surface area (Å²) in [4.78, 5) is 6.50. The molecule has 1 N–H and O–H groups in total. The van der Waals surface area contributed by atoms with Crippen molar-refractivity contribution in [1.29, 1.82) is 0 Å². The molecule has 134 valence electrons. The van der Waals surface area contributed by atoms with Crippen LogP contribution in [0.4, 0.5) is 5.69 Å². The Labute approximate surface area is 151 Å². The lowest BCUT2D eigenvalue weighted by atomic mass is 9.91. The smallest absolute Gasteiger partial charge is 0.0695 e. The monoisotopic (exact) mass is 348 g/mol. The first-order valence-corrected chi connectivity index (χ1v) is 10.7. The van der Waals surface area contributed by atoms with Crippen LogP contribution in [0, 0.1) is 0 Å². The minimum atomic E-state index is -0.109. The van der Waals surface area contributed by atoms with Gasteiger partial charge in [-0.05, 0) is 37.1 Å². The van der Waals surface area contributed by atoms with Crippen LogP contribution in [0.15, 0.2) is 29.2 Å². The van der Waals surface area contributed by atoms with E-state index in [0.717, 1.165) is 32.6 Å². The van der Waals surface area contributed by atoms with Crippen molar-refractivity contribution in [3.63, 3.8) is 0 Å². The summed E-state index contributed by atoms with van der Waals surface area (Å²) < 4.78 is 0. The molecule has 2 aliphatic rings. The summed E-state index contributed by atoms with van der Waals surface area (Å²) in [5, 5.41) is 10.3. The second-order valence-electron chi connectivity index (χ2n) is 7.11. The van der Waals surface area contributed by atoms with E-state index < -0.39 is 0 Å². The molecule has 0 unspecified atom stereocenters. The third kappa shape index (κ3) is 4.47. The molecule has 1 aromatic rings. The van der Waals surface area contributed by atoms with Gasteiger partial charge in [-0.25, -0.2) is 0 Å². The molecule has 1 aliphatic heterocycles. The Balaban J connectivity index is 1.58. The van der Waals surface area contributed by atoms with E-state index in [0.29, 0.717) is 6.04 Å². The van der Waals surface area contributed by atoms with Crippen LogP contribution in [0.2, 0.25) is 0 Å².